The van der Waals surface area contributed by atoms with Gasteiger partial charge in [0.05, 0.1) is 0 Å². The maximum atomic E-state index is 3.65. The first-order valence-corrected chi connectivity index (χ1v) is 5.76. The van der Waals surface area contributed by atoms with Crippen molar-refractivity contribution in [1.82, 2.24) is 10.2 Å². The number of nitrogens with zero attached hydrogens (tertiary/aromatic N) is 1. The van der Waals surface area contributed by atoms with Gasteiger partial charge in [0.15, 0.2) is 0 Å². The van der Waals surface area contributed by atoms with E-state index in [4.69, 9.17) is 0 Å². The average molecular weight is 182 g/mol. The maximum absolute atomic E-state index is 3.65. The van der Waals surface area contributed by atoms with Crippen molar-refractivity contribution >= 4 is 0 Å². The van der Waals surface area contributed by atoms with Gasteiger partial charge >= 0.3 is 0 Å². The first-order valence-electron chi connectivity index (χ1n) is 5.76. The summed E-state index contributed by atoms with van der Waals surface area (Å²) in [5.41, 5.74) is 0. The zero-order valence-electron chi connectivity index (χ0n) is 8.76. The van der Waals surface area contributed by atoms with Crippen molar-refractivity contribution in [3.63, 3.8) is 0 Å². The molecule has 0 bridgehead atoms. The summed E-state index contributed by atoms with van der Waals surface area (Å²) in [7, 11) is 2.25. The molecule has 1 unspecified atom stereocenters. The Hall–Kier alpha value is -0.0800. The van der Waals surface area contributed by atoms with Gasteiger partial charge in [-0.3, -0.25) is 0 Å². The van der Waals surface area contributed by atoms with Gasteiger partial charge in [-0.25, -0.2) is 0 Å². The van der Waals surface area contributed by atoms with Crippen LogP contribution in [0.4, 0.5) is 0 Å². The summed E-state index contributed by atoms with van der Waals surface area (Å²) < 4.78 is 0. The molecular formula is C11H22N2. The van der Waals surface area contributed by atoms with E-state index in [9.17, 15) is 0 Å². The molecule has 1 saturated heterocycles. The first-order chi connectivity index (χ1) is 6.34. The van der Waals surface area contributed by atoms with Crippen LogP contribution in [0.3, 0.4) is 0 Å². The molecule has 0 radical (unpaired) electrons. The van der Waals surface area contributed by atoms with Gasteiger partial charge in [0, 0.05) is 6.04 Å². The molecule has 0 aromatic rings. The number of likely N-dealkylation sites (tertiary alicyclic amines) is 1. The Labute approximate surface area is 81.7 Å². The minimum absolute atomic E-state index is 0.890. The van der Waals surface area contributed by atoms with Crippen molar-refractivity contribution in [2.45, 2.75) is 38.1 Å². The molecule has 1 heterocycles. The van der Waals surface area contributed by atoms with Crippen LogP contribution >= 0.6 is 0 Å². The standard InChI is InChI=1S/C11H22N2/c1-13-7-2-3-10(6-8-13)9-12-11-4-5-11/h10-12H,2-9H2,1H3. The second-order valence-corrected chi connectivity index (χ2v) is 4.78. The summed E-state index contributed by atoms with van der Waals surface area (Å²) in [6, 6.07) is 0.890. The molecule has 0 aromatic carbocycles. The van der Waals surface area contributed by atoms with Crippen molar-refractivity contribution in [2.24, 2.45) is 5.92 Å². The van der Waals surface area contributed by atoms with Crippen LogP contribution < -0.4 is 5.32 Å². The normalized spacial score (nSPS) is 31.6. The number of rotatable bonds is 3. The molecule has 1 aliphatic carbocycles. The van der Waals surface area contributed by atoms with Gasteiger partial charge in [0.25, 0.3) is 0 Å². The highest BCUT2D eigenvalue weighted by molar-refractivity contribution is 4.82. The molecular weight excluding hydrogens is 160 g/mol. The number of hydrogen-bond acceptors (Lipinski definition) is 2. The molecule has 2 aliphatic rings. The van der Waals surface area contributed by atoms with E-state index in [0.29, 0.717) is 0 Å². The van der Waals surface area contributed by atoms with Crippen LogP contribution in [-0.2, 0) is 0 Å². The number of nitrogens with one attached hydrogen (secondary N) is 1. The molecule has 0 spiro atoms. The third-order valence-corrected chi connectivity index (χ3v) is 3.34. The van der Waals surface area contributed by atoms with Gasteiger partial charge in [0.2, 0.25) is 0 Å². The molecule has 2 nitrogen and oxygen atoms in total. The minimum atomic E-state index is 0.890. The summed E-state index contributed by atoms with van der Waals surface area (Å²) >= 11 is 0. The van der Waals surface area contributed by atoms with Gasteiger partial charge in [-0.1, -0.05) is 0 Å². The zero-order valence-corrected chi connectivity index (χ0v) is 8.76. The fraction of sp³-hybridized carbons (Fsp3) is 1.00. The molecule has 1 aliphatic heterocycles. The summed E-state index contributed by atoms with van der Waals surface area (Å²) in [5, 5.41) is 3.65. The van der Waals surface area contributed by atoms with Crippen molar-refractivity contribution < 1.29 is 0 Å². The molecule has 0 aromatic heterocycles. The van der Waals surface area contributed by atoms with Crippen molar-refractivity contribution in [3.05, 3.63) is 0 Å². The van der Waals surface area contributed by atoms with Crippen LogP contribution in [0, 0.1) is 5.92 Å². The van der Waals surface area contributed by atoms with E-state index < -0.39 is 0 Å². The lowest BCUT2D eigenvalue weighted by molar-refractivity contribution is 0.339. The van der Waals surface area contributed by atoms with Crippen LogP contribution in [0.15, 0.2) is 0 Å². The van der Waals surface area contributed by atoms with Crippen LogP contribution in [0.25, 0.3) is 0 Å². The van der Waals surface area contributed by atoms with Crippen molar-refractivity contribution in [3.8, 4) is 0 Å². The van der Waals surface area contributed by atoms with E-state index in [-0.39, 0.29) is 0 Å². The molecule has 1 N–H and O–H groups in total. The van der Waals surface area contributed by atoms with Gasteiger partial charge in [-0.05, 0) is 64.7 Å². The second kappa shape index (κ2) is 4.43. The molecule has 2 rings (SSSR count). The van der Waals surface area contributed by atoms with Gasteiger partial charge in [-0.15, -0.1) is 0 Å². The predicted octanol–water partition coefficient (Wildman–Crippen LogP) is 1.47. The SMILES string of the molecule is CN1CCCC(CNC2CC2)CC1. The Balaban J connectivity index is 1.65. The third-order valence-electron chi connectivity index (χ3n) is 3.34. The van der Waals surface area contributed by atoms with E-state index >= 15 is 0 Å². The molecule has 76 valence electrons. The van der Waals surface area contributed by atoms with Crippen molar-refractivity contribution in [1.29, 1.82) is 0 Å². The van der Waals surface area contributed by atoms with Gasteiger partial charge in [0.1, 0.15) is 0 Å². The van der Waals surface area contributed by atoms with Crippen LogP contribution in [0.1, 0.15) is 32.1 Å². The summed E-state index contributed by atoms with van der Waals surface area (Å²) in [6.45, 7) is 3.88. The van der Waals surface area contributed by atoms with Crippen LogP contribution in [0.2, 0.25) is 0 Å². The quantitative estimate of drug-likeness (QED) is 0.711. The van der Waals surface area contributed by atoms with Gasteiger partial charge in [-0.2, -0.15) is 0 Å². The van der Waals surface area contributed by atoms with Crippen molar-refractivity contribution in [2.75, 3.05) is 26.7 Å². The smallest absolute Gasteiger partial charge is 0.00683 e. The predicted molar refractivity (Wildman–Crippen MR) is 55.9 cm³/mol. The highest BCUT2D eigenvalue weighted by atomic mass is 15.1. The van der Waals surface area contributed by atoms with E-state index in [2.05, 4.69) is 17.3 Å². The number of hydrogen-bond donors (Lipinski definition) is 1. The third kappa shape index (κ3) is 3.28. The Morgan fingerprint density at radius 1 is 1.15 bits per heavy atom. The largest absolute Gasteiger partial charge is 0.314 e. The highest BCUT2D eigenvalue weighted by Crippen LogP contribution is 2.21. The van der Waals surface area contributed by atoms with E-state index in [1.165, 1.54) is 51.7 Å². The fourth-order valence-corrected chi connectivity index (χ4v) is 2.13. The molecule has 2 fully saturated rings. The van der Waals surface area contributed by atoms with Crippen LogP contribution in [0.5, 0.6) is 0 Å². The molecule has 13 heavy (non-hydrogen) atoms. The maximum Gasteiger partial charge on any atom is 0.00683 e. The lowest BCUT2D eigenvalue weighted by atomic mass is 10.0. The molecule has 1 saturated carbocycles. The molecule has 2 heteroatoms. The van der Waals surface area contributed by atoms with E-state index in [1.54, 1.807) is 0 Å². The molecule has 1 atom stereocenters. The molecule has 0 amide bonds. The Morgan fingerprint density at radius 3 is 2.77 bits per heavy atom. The Bertz CT molecular complexity index is 154. The fourth-order valence-electron chi connectivity index (χ4n) is 2.13. The lowest BCUT2D eigenvalue weighted by Crippen LogP contribution is -2.25. The monoisotopic (exact) mass is 182 g/mol. The highest BCUT2D eigenvalue weighted by Gasteiger charge is 2.22. The summed E-state index contributed by atoms with van der Waals surface area (Å²) in [5.74, 6) is 0.950. The minimum Gasteiger partial charge on any atom is -0.314 e. The Morgan fingerprint density at radius 2 is 2.00 bits per heavy atom. The summed E-state index contributed by atoms with van der Waals surface area (Å²) in [4.78, 5) is 2.47. The zero-order chi connectivity index (χ0) is 9.10. The van der Waals surface area contributed by atoms with E-state index in [0.717, 1.165) is 12.0 Å². The first kappa shape index (κ1) is 9.47. The lowest BCUT2D eigenvalue weighted by Gasteiger charge is -2.15. The summed E-state index contributed by atoms with van der Waals surface area (Å²) in [6.07, 6.45) is 7.08. The second-order valence-electron chi connectivity index (χ2n) is 4.78. The topological polar surface area (TPSA) is 15.3 Å². The van der Waals surface area contributed by atoms with E-state index in [1.807, 2.05) is 0 Å². The van der Waals surface area contributed by atoms with Crippen LogP contribution in [-0.4, -0.2) is 37.6 Å². The van der Waals surface area contributed by atoms with Gasteiger partial charge < -0.3 is 10.2 Å². The average Bonchev–Trinajstić information content (AvgIpc) is 2.90. The Kier molecular flexibility index (Phi) is 3.23.